The summed E-state index contributed by atoms with van der Waals surface area (Å²) < 4.78 is 29.5. The van der Waals surface area contributed by atoms with Crippen molar-refractivity contribution in [2.24, 2.45) is 0 Å². The van der Waals surface area contributed by atoms with Gasteiger partial charge in [0.2, 0.25) is 0 Å². The summed E-state index contributed by atoms with van der Waals surface area (Å²) in [7, 11) is 0. The van der Waals surface area contributed by atoms with Crippen molar-refractivity contribution in [3.8, 4) is 11.3 Å². The molecule has 0 saturated heterocycles. The summed E-state index contributed by atoms with van der Waals surface area (Å²) in [6.07, 6.45) is 5.26. The van der Waals surface area contributed by atoms with Crippen LogP contribution >= 0.6 is 0 Å². The smallest absolute Gasteiger partial charge is 0.269 e. The number of non-ortho nitro benzene ring substituents is 1. The summed E-state index contributed by atoms with van der Waals surface area (Å²) in [6, 6.07) is 19.3. The highest BCUT2D eigenvalue weighted by molar-refractivity contribution is 5.69. The third kappa shape index (κ3) is 4.72. The molecule has 0 N–H and O–H groups in total. The molecule has 5 nitrogen and oxygen atoms in total. The SMILES string of the molecule is O=[N+]([O-])c1ccc(/C=C/c2nc(-c3ccc(F)cc3F)cn2Cc2ccccc2)cc1. The molecule has 4 rings (SSSR count). The van der Waals surface area contributed by atoms with Crippen molar-refractivity contribution in [3.63, 3.8) is 0 Å². The summed E-state index contributed by atoms with van der Waals surface area (Å²) in [5.74, 6) is -0.764. The number of hydrogen-bond acceptors (Lipinski definition) is 3. The Morgan fingerprint density at radius 2 is 1.71 bits per heavy atom. The van der Waals surface area contributed by atoms with Crippen LogP contribution in [0.3, 0.4) is 0 Å². The number of halogens is 2. The van der Waals surface area contributed by atoms with Crippen LogP contribution < -0.4 is 0 Å². The van der Waals surface area contributed by atoms with Gasteiger partial charge in [0.1, 0.15) is 17.5 Å². The minimum atomic E-state index is -0.685. The zero-order chi connectivity index (χ0) is 21.8. The van der Waals surface area contributed by atoms with E-state index in [1.165, 1.54) is 24.3 Å². The Morgan fingerprint density at radius 1 is 0.968 bits per heavy atom. The zero-order valence-electron chi connectivity index (χ0n) is 16.3. The maximum Gasteiger partial charge on any atom is 0.269 e. The quantitative estimate of drug-likeness (QED) is 0.287. The highest BCUT2D eigenvalue weighted by Crippen LogP contribution is 2.24. The van der Waals surface area contributed by atoms with Crippen LogP contribution in [0, 0.1) is 21.7 Å². The minimum absolute atomic E-state index is 0.0109. The van der Waals surface area contributed by atoms with E-state index in [1.807, 2.05) is 34.9 Å². The number of imidazole rings is 1. The van der Waals surface area contributed by atoms with Gasteiger partial charge >= 0.3 is 0 Å². The fraction of sp³-hybridized carbons (Fsp3) is 0.0417. The third-order valence-corrected chi connectivity index (χ3v) is 4.74. The maximum absolute atomic E-state index is 14.3. The van der Waals surface area contributed by atoms with Crippen molar-refractivity contribution >= 4 is 17.8 Å². The fourth-order valence-electron chi connectivity index (χ4n) is 3.17. The maximum atomic E-state index is 14.3. The van der Waals surface area contributed by atoms with Crippen LogP contribution in [0.25, 0.3) is 23.4 Å². The van der Waals surface area contributed by atoms with E-state index in [0.717, 1.165) is 17.2 Å². The van der Waals surface area contributed by atoms with E-state index in [1.54, 1.807) is 30.5 Å². The molecule has 0 spiro atoms. The van der Waals surface area contributed by atoms with Crippen LogP contribution in [-0.4, -0.2) is 14.5 Å². The lowest BCUT2D eigenvalue weighted by atomic mass is 10.1. The Labute approximate surface area is 177 Å². The van der Waals surface area contributed by atoms with Gasteiger partial charge in [-0.3, -0.25) is 10.1 Å². The normalized spacial score (nSPS) is 11.2. The monoisotopic (exact) mass is 417 g/mol. The fourth-order valence-corrected chi connectivity index (χ4v) is 3.17. The van der Waals surface area contributed by atoms with E-state index in [9.17, 15) is 18.9 Å². The van der Waals surface area contributed by atoms with Crippen LogP contribution in [0.5, 0.6) is 0 Å². The van der Waals surface area contributed by atoms with Crippen molar-refractivity contribution in [3.05, 3.63) is 118 Å². The van der Waals surface area contributed by atoms with E-state index < -0.39 is 16.6 Å². The standard InChI is InChI=1S/C24H17F2N3O2/c25-19-9-12-21(22(26)14-19)23-16-28(15-18-4-2-1-3-5-18)24(27-23)13-8-17-6-10-20(11-7-17)29(30)31/h1-14,16H,15H2/b13-8+. The van der Waals surface area contributed by atoms with Gasteiger partial charge in [0.15, 0.2) is 0 Å². The third-order valence-electron chi connectivity index (χ3n) is 4.74. The lowest BCUT2D eigenvalue weighted by molar-refractivity contribution is -0.384. The van der Waals surface area contributed by atoms with Crippen LogP contribution in [0.1, 0.15) is 17.0 Å². The molecule has 0 fully saturated rings. The molecular weight excluding hydrogens is 400 g/mol. The Bertz CT molecular complexity index is 1250. The van der Waals surface area contributed by atoms with Crippen molar-refractivity contribution in [1.29, 1.82) is 0 Å². The first-order valence-corrected chi connectivity index (χ1v) is 9.48. The number of rotatable bonds is 6. The average Bonchev–Trinajstić information content (AvgIpc) is 3.15. The van der Waals surface area contributed by atoms with E-state index in [2.05, 4.69) is 4.98 Å². The molecule has 0 atom stereocenters. The highest BCUT2D eigenvalue weighted by Gasteiger charge is 2.13. The van der Waals surface area contributed by atoms with Crippen LogP contribution in [0.15, 0.2) is 79.0 Å². The molecule has 0 amide bonds. The van der Waals surface area contributed by atoms with E-state index in [4.69, 9.17) is 0 Å². The number of nitrogens with zero attached hydrogens (tertiary/aromatic N) is 3. The second-order valence-corrected chi connectivity index (χ2v) is 6.90. The molecule has 0 radical (unpaired) electrons. The number of nitro benzene ring substituents is 1. The van der Waals surface area contributed by atoms with E-state index >= 15 is 0 Å². The average molecular weight is 417 g/mol. The molecule has 154 valence electrons. The zero-order valence-corrected chi connectivity index (χ0v) is 16.3. The molecule has 4 aromatic rings. The van der Waals surface area contributed by atoms with Gasteiger partial charge < -0.3 is 4.57 Å². The molecule has 1 heterocycles. The molecule has 3 aromatic carbocycles. The Hall–Kier alpha value is -4.13. The molecule has 0 unspecified atom stereocenters. The van der Waals surface area contributed by atoms with E-state index in [0.29, 0.717) is 18.1 Å². The second-order valence-electron chi connectivity index (χ2n) is 6.90. The second kappa shape index (κ2) is 8.71. The first-order valence-electron chi connectivity index (χ1n) is 9.48. The number of hydrogen-bond donors (Lipinski definition) is 0. The molecule has 1 aromatic heterocycles. The summed E-state index contributed by atoms with van der Waals surface area (Å²) in [5, 5.41) is 10.8. The highest BCUT2D eigenvalue weighted by atomic mass is 19.1. The number of nitro groups is 1. The molecule has 0 aliphatic carbocycles. The Morgan fingerprint density at radius 3 is 2.39 bits per heavy atom. The van der Waals surface area contributed by atoms with Crippen molar-refractivity contribution in [2.75, 3.05) is 0 Å². The molecule has 0 bridgehead atoms. The van der Waals surface area contributed by atoms with Crippen molar-refractivity contribution in [2.45, 2.75) is 6.54 Å². The summed E-state index contributed by atoms with van der Waals surface area (Å²) >= 11 is 0. The molecule has 7 heteroatoms. The largest absolute Gasteiger partial charge is 0.326 e. The van der Waals surface area contributed by atoms with Gasteiger partial charge in [-0.2, -0.15) is 0 Å². The van der Waals surface area contributed by atoms with Gasteiger partial charge in [-0.05, 0) is 41.5 Å². The Balaban J connectivity index is 1.70. The van der Waals surface area contributed by atoms with Gasteiger partial charge in [0.05, 0.1) is 10.6 Å². The topological polar surface area (TPSA) is 61.0 Å². The molecule has 0 aliphatic heterocycles. The summed E-state index contributed by atoms with van der Waals surface area (Å²) in [4.78, 5) is 14.9. The minimum Gasteiger partial charge on any atom is -0.326 e. The molecule has 31 heavy (non-hydrogen) atoms. The van der Waals surface area contributed by atoms with Gasteiger partial charge in [-0.15, -0.1) is 0 Å². The van der Waals surface area contributed by atoms with Crippen LogP contribution in [0.2, 0.25) is 0 Å². The predicted molar refractivity (Wildman–Crippen MR) is 115 cm³/mol. The summed E-state index contributed by atoms with van der Waals surface area (Å²) in [5.41, 5.74) is 2.40. The van der Waals surface area contributed by atoms with Crippen molar-refractivity contribution < 1.29 is 13.7 Å². The summed E-state index contributed by atoms with van der Waals surface area (Å²) in [6.45, 7) is 0.511. The van der Waals surface area contributed by atoms with Gasteiger partial charge in [-0.1, -0.05) is 36.4 Å². The van der Waals surface area contributed by atoms with Gasteiger partial charge in [0.25, 0.3) is 5.69 Å². The predicted octanol–water partition coefficient (Wildman–Crippen LogP) is 5.96. The lowest BCUT2D eigenvalue weighted by Gasteiger charge is -2.05. The van der Waals surface area contributed by atoms with Gasteiger partial charge in [0, 0.05) is 36.5 Å². The van der Waals surface area contributed by atoms with Crippen LogP contribution in [0.4, 0.5) is 14.5 Å². The molecule has 0 saturated carbocycles. The number of benzene rings is 3. The Kier molecular flexibility index (Phi) is 5.66. The van der Waals surface area contributed by atoms with E-state index in [-0.39, 0.29) is 11.3 Å². The number of aromatic nitrogens is 2. The van der Waals surface area contributed by atoms with Crippen molar-refractivity contribution in [1.82, 2.24) is 9.55 Å². The first kappa shape index (κ1) is 20.2. The molecular formula is C24H17F2N3O2. The van der Waals surface area contributed by atoms with Crippen LogP contribution in [-0.2, 0) is 6.54 Å². The first-order chi connectivity index (χ1) is 15.0. The molecule has 0 aliphatic rings. The lowest BCUT2D eigenvalue weighted by Crippen LogP contribution is -2.00. The van der Waals surface area contributed by atoms with Gasteiger partial charge in [-0.25, -0.2) is 13.8 Å².